The molecule has 0 heterocycles. The monoisotopic (exact) mass is 127 g/mol. The minimum atomic E-state index is 0.778. The molecule has 0 aliphatic heterocycles. The molecular weight excluding hydrogens is 114 g/mol. The van der Waals surface area contributed by atoms with Crippen LogP contribution in [0.5, 0.6) is 0 Å². The first kappa shape index (κ1) is 8.21. The molecular formula is C7H13NO. The minimum absolute atomic E-state index is 0.778. The van der Waals surface area contributed by atoms with Gasteiger partial charge in [0.1, 0.15) is 0 Å². The molecule has 0 aliphatic rings. The number of aliphatic imine (C=N–C) groups is 1. The Morgan fingerprint density at radius 1 is 1.44 bits per heavy atom. The lowest BCUT2D eigenvalue weighted by Gasteiger charge is -1.85. The quantitative estimate of drug-likeness (QED) is 0.321. The SMILES string of the molecule is CC/C=C\OC=NCC. The number of hydrogen-bond acceptors (Lipinski definition) is 2. The fourth-order valence-electron chi connectivity index (χ4n) is 0.304. The lowest BCUT2D eigenvalue weighted by Crippen LogP contribution is -1.76. The molecule has 0 fully saturated rings. The smallest absolute Gasteiger partial charge is 0.175 e. The predicted octanol–water partition coefficient (Wildman–Crippen LogP) is 1.97. The molecule has 2 nitrogen and oxygen atoms in total. The van der Waals surface area contributed by atoms with Gasteiger partial charge in [0.2, 0.25) is 0 Å². The Labute approximate surface area is 56.2 Å². The summed E-state index contributed by atoms with van der Waals surface area (Å²) in [6.07, 6.45) is 6.02. The van der Waals surface area contributed by atoms with Gasteiger partial charge in [-0.05, 0) is 19.4 Å². The molecule has 0 aromatic heterocycles. The summed E-state index contributed by atoms with van der Waals surface area (Å²) < 4.78 is 4.84. The van der Waals surface area contributed by atoms with Crippen LogP contribution in [0.4, 0.5) is 0 Å². The van der Waals surface area contributed by atoms with Crippen molar-refractivity contribution in [3.63, 3.8) is 0 Å². The molecule has 9 heavy (non-hydrogen) atoms. The molecule has 52 valence electrons. The van der Waals surface area contributed by atoms with E-state index in [9.17, 15) is 0 Å². The normalized spacial score (nSPS) is 11.3. The molecule has 0 spiro atoms. The summed E-state index contributed by atoms with van der Waals surface area (Å²) in [4.78, 5) is 3.85. The molecule has 0 aliphatic carbocycles. The molecule has 2 heteroatoms. The maximum atomic E-state index is 4.84. The van der Waals surface area contributed by atoms with Gasteiger partial charge >= 0.3 is 0 Å². The van der Waals surface area contributed by atoms with E-state index in [4.69, 9.17) is 4.74 Å². The number of rotatable bonds is 4. The van der Waals surface area contributed by atoms with Gasteiger partial charge in [0.15, 0.2) is 6.40 Å². The molecule has 0 rings (SSSR count). The molecule has 0 aromatic rings. The van der Waals surface area contributed by atoms with E-state index in [2.05, 4.69) is 11.9 Å². The van der Waals surface area contributed by atoms with Crippen LogP contribution in [0.15, 0.2) is 17.3 Å². The first-order chi connectivity index (χ1) is 4.41. The van der Waals surface area contributed by atoms with Gasteiger partial charge in [-0.2, -0.15) is 0 Å². The highest BCUT2D eigenvalue weighted by Crippen LogP contribution is 1.78. The van der Waals surface area contributed by atoms with Crippen LogP contribution in [0.3, 0.4) is 0 Å². The van der Waals surface area contributed by atoms with Crippen LogP contribution in [0.25, 0.3) is 0 Å². The first-order valence-electron chi connectivity index (χ1n) is 3.20. The maximum Gasteiger partial charge on any atom is 0.175 e. The maximum absolute atomic E-state index is 4.84. The molecule has 0 amide bonds. The summed E-state index contributed by atoms with van der Waals surface area (Å²) in [7, 11) is 0. The topological polar surface area (TPSA) is 21.6 Å². The van der Waals surface area contributed by atoms with Crippen molar-refractivity contribution in [3.8, 4) is 0 Å². The van der Waals surface area contributed by atoms with Crippen LogP contribution < -0.4 is 0 Å². The summed E-state index contributed by atoms with van der Waals surface area (Å²) in [5, 5.41) is 0. The zero-order chi connectivity index (χ0) is 6.95. The van der Waals surface area contributed by atoms with Gasteiger partial charge in [-0.15, -0.1) is 0 Å². The van der Waals surface area contributed by atoms with Crippen LogP contribution in [0.2, 0.25) is 0 Å². The van der Waals surface area contributed by atoms with E-state index in [-0.39, 0.29) is 0 Å². The average molecular weight is 127 g/mol. The zero-order valence-corrected chi connectivity index (χ0v) is 6.00. The highest BCUT2D eigenvalue weighted by atomic mass is 16.5. The summed E-state index contributed by atoms with van der Waals surface area (Å²) in [5.74, 6) is 0. The van der Waals surface area contributed by atoms with Gasteiger partial charge < -0.3 is 4.74 Å². The third-order valence-electron chi connectivity index (χ3n) is 0.728. The summed E-state index contributed by atoms with van der Waals surface area (Å²) >= 11 is 0. The van der Waals surface area contributed by atoms with E-state index in [1.165, 1.54) is 6.40 Å². The number of hydrogen-bond donors (Lipinski definition) is 0. The van der Waals surface area contributed by atoms with E-state index >= 15 is 0 Å². The number of ether oxygens (including phenoxy) is 1. The van der Waals surface area contributed by atoms with Gasteiger partial charge in [0.05, 0.1) is 6.26 Å². The first-order valence-corrected chi connectivity index (χ1v) is 3.20. The number of allylic oxidation sites excluding steroid dienone is 1. The van der Waals surface area contributed by atoms with Crippen molar-refractivity contribution in [2.45, 2.75) is 20.3 Å². The van der Waals surface area contributed by atoms with E-state index in [1.54, 1.807) is 6.26 Å². The minimum Gasteiger partial charge on any atom is -0.454 e. The molecule has 0 unspecified atom stereocenters. The Bertz CT molecular complexity index is 85.1. The Morgan fingerprint density at radius 3 is 2.78 bits per heavy atom. The third-order valence-corrected chi connectivity index (χ3v) is 0.728. The van der Waals surface area contributed by atoms with Crippen molar-refractivity contribution >= 4 is 6.40 Å². The standard InChI is InChI=1S/C7H13NO/c1-3-5-6-9-7-8-4-2/h5-7H,3-4H2,1-2H3/b6-5-,8-7?. The van der Waals surface area contributed by atoms with E-state index < -0.39 is 0 Å². The van der Waals surface area contributed by atoms with Gasteiger partial charge in [-0.1, -0.05) is 6.92 Å². The third kappa shape index (κ3) is 7.21. The Kier molecular flexibility index (Phi) is 6.58. The Morgan fingerprint density at radius 2 is 2.22 bits per heavy atom. The molecule has 0 N–H and O–H groups in total. The van der Waals surface area contributed by atoms with Gasteiger partial charge in [0.25, 0.3) is 0 Å². The summed E-state index contributed by atoms with van der Waals surface area (Å²) in [6, 6.07) is 0. The van der Waals surface area contributed by atoms with Crippen molar-refractivity contribution in [1.29, 1.82) is 0 Å². The van der Waals surface area contributed by atoms with Crippen molar-refractivity contribution in [1.82, 2.24) is 0 Å². The van der Waals surface area contributed by atoms with Crippen LogP contribution in [0, 0.1) is 0 Å². The van der Waals surface area contributed by atoms with Crippen molar-refractivity contribution < 1.29 is 4.74 Å². The van der Waals surface area contributed by atoms with E-state index in [1.807, 2.05) is 13.0 Å². The Hall–Kier alpha value is -0.790. The van der Waals surface area contributed by atoms with Crippen molar-refractivity contribution in [2.24, 2.45) is 4.99 Å². The second-order valence-corrected chi connectivity index (χ2v) is 1.52. The number of nitrogens with zero attached hydrogens (tertiary/aromatic N) is 1. The highest BCUT2D eigenvalue weighted by Gasteiger charge is 1.66. The van der Waals surface area contributed by atoms with Crippen LogP contribution >= 0.6 is 0 Å². The van der Waals surface area contributed by atoms with E-state index in [0.717, 1.165) is 13.0 Å². The van der Waals surface area contributed by atoms with E-state index in [0.29, 0.717) is 0 Å². The summed E-state index contributed by atoms with van der Waals surface area (Å²) in [5.41, 5.74) is 0. The van der Waals surface area contributed by atoms with Crippen LogP contribution in [-0.2, 0) is 4.74 Å². The fraction of sp³-hybridized carbons (Fsp3) is 0.571. The van der Waals surface area contributed by atoms with Crippen molar-refractivity contribution in [3.05, 3.63) is 12.3 Å². The average Bonchev–Trinajstić information content (AvgIpc) is 1.89. The molecule has 0 radical (unpaired) electrons. The Balaban J connectivity index is 3.08. The molecule has 0 aromatic carbocycles. The predicted molar refractivity (Wildman–Crippen MR) is 39.5 cm³/mol. The lowest BCUT2D eigenvalue weighted by molar-refractivity contribution is 0.489. The zero-order valence-electron chi connectivity index (χ0n) is 6.00. The lowest BCUT2D eigenvalue weighted by atomic mass is 10.5. The van der Waals surface area contributed by atoms with Gasteiger partial charge in [0, 0.05) is 6.54 Å². The van der Waals surface area contributed by atoms with Gasteiger partial charge in [-0.25, -0.2) is 0 Å². The highest BCUT2D eigenvalue weighted by molar-refractivity contribution is 5.46. The molecule has 0 saturated heterocycles. The second-order valence-electron chi connectivity index (χ2n) is 1.52. The largest absolute Gasteiger partial charge is 0.454 e. The fourth-order valence-corrected chi connectivity index (χ4v) is 0.304. The summed E-state index contributed by atoms with van der Waals surface area (Å²) in [6.45, 7) is 4.79. The molecule has 0 saturated carbocycles. The molecule has 0 atom stereocenters. The van der Waals surface area contributed by atoms with Crippen molar-refractivity contribution in [2.75, 3.05) is 6.54 Å². The van der Waals surface area contributed by atoms with Gasteiger partial charge in [-0.3, -0.25) is 4.99 Å². The van der Waals surface area contributed by atoms with Crippen LogP contribution in [-0.4, -0.2) is 12.9 Å². The second kappa shape index (κ2) is 7.21. The molecule has 0 bridgehead atoms. The van der Waals surface area contributed by atoms with Crippen LogP contribution in [0.1, 0.15) is 20.3 Å².